The van der Waals surface area contributed by atoms with Crippen LogP contribution in [0.5, 0.6) is 0 Å². The molecule has 0 unspecified atom stereocenters. The Morgan fingerprint density at radius 1 is 1.39 bits per heavy atom. The number of rotatable bonds is 1. The van der Waals surface area contributed by atoms with Crippen molar-refractivity contribution in [2.24, 2.45) is 0 Å². The van der Waals surface area contributed by atoms with E-state index in [9.17, 15) is 13.2 Å². The van der Waals surface area contributed by atoms with Crippen LogP contribution in [0.4, 0.5) is 5.69 Å². The summed E-state index contributed by atoms with van der Waals surface area (Å²) in [7, 11) is -3.76. The van der Waals surface area contributed by atoms with Gasteiger partial charge in [0.1, 0.15) is 0 Å². The number of nitriles is 1. The molecule has 0 bridgehead atoms. The summed E-state index contributed by atoms with van der Waals surface area (Å²) in [4.78, 5) is 11.9. The number of carbonyl (C=O) groups excluding carboxylic acids is 1. The summed E-state index contributed by atoms with van der Waals surface area (Å²) in [5, 5.41) is 8.89. The van der Waals surface area contributed by atoms with Crippen molar-refractivity contribution < 1.29 is 13.2 Å². The van der Waals surface area contributed by atoms with Crippen molar-refractivity contribution in [1.82, 2.24) is 0 Å². The molecular formula is C11H9ClN2O3S. The van der Waals surface area contributed by atoms with Crippen molar-refractivity contribution >= 4 is 33.2 Å². The van der Waals surface area contributed by atoms with Crippen LogP contribution in [0.1, 0.15) is 19.4 Å². The van der Waals surface area contributed by atoms with Crippen molar-refractivity contribution in [2.45, 2.75) is 18.6 Å². The number of hydrogen-bond donors (Lipinski definition) is 0. The highest BCUT2D eigenvalue weighted by Gasteiger charge is 2.61. The lowest BCUT2D eigenvalue weighted by atomic mass is 10.1. The Hall–Kier alpha value is -1.58. The molecule has 5 nitrogen and oxygen atoms in total. The van der Waals surface area contributed by atoms with Gasteiger partial charge in [-0.3, -0.25) is 4.79 Å². The van der Waals surface area contributed by atoms with E-state index in [1.165, 1.54) is 32.0 Å². The minimum atomic E-state index is -3.76. The normalized spacial score (nSPS) is 20.1. The van der Waals surface area contributed by atoms with E-state index in [4.69, 9.17) is 16.9 Å². The third kappa shape index (κ3) is 1.44. The standard InChI is InChI=1S/C11H9ClN2O3S/c1-11(2)10(15)14(18(11,16)17)9-5-7(6-13)3-4-8(9)12/h3-5H,1-2H3. The minimum Gasteiger partial charge on any atom is -0.272 e. The maximum absolute atomic E-state index is 12.0. The molecule has 94 valence electrons. The van der Waals surface area contributed by atoms with Crippen LogP contribution in [0.15, 0.2) is 18.2 Å². The van der Waals surface area contributed by atoms with Gasteiger partial charge in [-0.15, -0.1) is 0 Å². The van der Waals surface area contributed by atoms with Crippen LogP contribution in [0.3, 0.4) is 0 Å². The lowest BCUT2D eigenvalue weighted by Crippen LogP contribution is -2.67. The fourth-order valence-corrected chi connectivity index (χ4v) is 3.37. The number of amides is 1. The molecule has 7 heteroatoms. The molecule has 1 amide bonds. The van der Waals surface area contributed by atoms with Gasteiger partial charge in [-0.05, 0) is 32.0 Å². The van der Waals surface area contributed by atoms with Gasteiger partial charge in [0.25, 0.3) is 15.9 Å². The zero-order chi connectivity index (χ0) is 13.7. The average molecular weight is 285 g/mol. The first-order valence-corrected chi connectivity index (χ1v) is 6.84. The number of nitrogens with zero attached hydrogens (tertiary/aromatic N) is 2. The molecule has 1 aliphatic rings. The summed E-state index contributed by atoms with van der Waals surface area (Å²) < 4.78 is 23.2. The Morgan fingerprint density at radius 2 is 2.00 bits per heavy atom. The van der Waals surface area contributed by atoms with Crippen LogP contribution in [-0.4, -0.2) is 19.1 Å². The maximum atomic E-state index is 12.0. The van der Waals surface area contributed by atoms with Crippen LogP contribution in [0, 0.1) is 11.3 Å². The number of benzene rings is 1. The van der Waals surface area contributed by atoms with E-state index in [0.717, 1.165) is 0 Å². The molecule has 0 atom stereocenters. The largest absolute Gasteiger partial charge is 0.272 e. The second-order valence-electron chi connectivity index (χ2n) is 4.36. The van der Waals surface area contributed by atoms with Gasteiger partial charge in [0.2, 0.25) is 0 Å². The van der Waals surface area contributed by atoms with Crippen molar-refractivity contribution in [1.29, 1.82) is 5.26 Å². The van der Waals surface area contributed by atoms with E-state index in [1.54, 1.807) is 0 Å². The second kappa shape index (κ2) is 3.70. The lowest BCUT2D eigenvalue weighted by molar-refractivity contribution is -0.120. The third-order valence-corrected chi connectivity index (χ3v) is 5.51. The Kier molecular flexibility index (Phi) is 2.65. The monoisotopic (exact) mass is 284 g/mol. The predicted molar refractivity (Wildman–Crippen MR) is 66.7 cm³/mol. The van der Waals surface area contributed by atoms with E-state index in [-0.39, 0.29) is 16.3 Å². The first-order valence-electron chi connectivity index (χ1n) is 5.02. The first-order chi connectivity index (χ1) is 8.23. The third-order valence-electron chi connectivity index (χ3n) is 2.88. The Balaban J connectivity index is 2.60. The second-order valence-corrected chi connectivity index (χ2v) is 7.11. The van der Waals surface area contributed by atoms with Gasteiger partial charge >= 0.3 is 0 Å². The predicted octanol–water partition coefficient (Wildman–Crippen LogP) is 1.67. The molecular weight excluding hydrogens is 276 g/mol. The van der Waals surface area contributed by atoms with Gasteiger partial charge in [-0.1, -0.05) is 11.6 Å². The van der Waals surface area contributed by atoms with Gasteiger partial charge in [-0.2, -0.15) is 5.26 Å². The van der Waals surface area contributed by atoms with Crippen molar-refractivity contribution in [3.8, 4) is 6.07 Å². The summed E-state index contributed by atoms with van der Waals surface area (Å²) in [5.74, 6) is -0.556. The van der Waals surface area contributed by atoms with Gasteiger partial charge in [-0.25, -0.2) is 12.7 Å². The molecule has 1 aromatic carbocycles. The molecule has 0 spiro atoms. The minimum absolute atomic E-state index is 0.0278. The number of anilines is 1. The number of sulfonamides is 1. The van der Waals surface area contributed by atoms with Crippen LogP contribution < -0.4 is 4.31 Å². The van der Waals surface area contributed by atoms with Gasteiger partial charge < -0.3 is 0 Å². The highest BCUT2D eigenvalue weighted by Crippen LogP contribution is 2.42. The van der Waals surface area contributed by atoms with Crippen LogP contribution >= 0.6 is 11.6 Å². The van der Waals surface area contributed by atoms with Crippen LogP contribution in [0.2, 0.25) is 5.02 Å². The van der Waals surface area contributed by atoms with Gasteiger partial charge in [0.15, 0.2) is 4.75 Å². The molecule has 0 radical (unpaired) electrons. The van der Waals surface area contributed by atoms with Gasteiger partial charge in [0.05, 0.1) is 22.3 Å². The lowest BCUT2D eigenvalue weighted by Gasteiger charge is -2.43. The molecule has 2 rings (SSSR count). The summed E-state index contributed by atoms with van der Waals surface area (Å²) >= 11 is 5.88. The molecule has 1 fully saturated rings. The molecule has 1 aliphatic heterocycles. The van der Waals surface area contributed by atoms with Crippen molar-refractivity contribution in [3.63, 3.8) is 0 Å². The maximum Gasteiger partial charge on any atom is 0.263 e. The fraction of sp³-hybridized carbons (Fsp3) is 0.273. The van der Waals surface area contributed by atoms with E-state index in [1.807, 2.05) is 6.07 Å². The van der Waals surface area contributed by atoms with E-state index < -0.39 is 20.7 Å². The molecule has 0 aromatic heterocycles. The zero-order valence-corrected chi connectivity index (χ0v) is 11.2. The van der Waals surface area contributed by atoms with Crippen LogP contribution in [-0.2, 0) is 14.8 Å². The average Bonchev–Trinajstić information content (AvgIpc) is 2.31. The Labute approximate surface area is 110 Å². The molecule has 0 aliphatic carbocycles. The SMILES string of the molecule is CC1(C)C(=O)N(c2cc(C#N)ccc2Cl)S1(=O)=O. The molecule has 18 heavy (non-hydrogen) atoms. The zero-order valence-electron chi connectivity index (χ0n) is 9.64. The fourth-order valence-electron chi connectivity index (χ4n) is 1.63. The Bertz CT molecular complexity index is 689. The number of carbonyl (C=O) groups is 1. The van der Waals surface area contributed by atoms with E-state index in [0.29, 0.717) is 4.31 Å². The van der Waals surface area contributed by atoms with Gasteiger partial charge in [0, 0.05) is 0 Å². The number of hydrogen-bond acceptors (Lipinski definition) is 4. The number of halogens is 1. The summed E-state index contributed by atoms with van der Waals surface area (Å²) in [5.41, 5.74) is 0.266. The summed E-state index contributed by atoms with van der Waals surface area (Å²) in [6, 6.07) is 6.00. The van der Waals surface area contributed by atoms with E-state index >= 15 is 0 Å². The summed E-state index contributed by atoms with van der Waals surface area (Å²) in [6.07, 6.45) is 0. The topological polar surface area (TPSA) is 78.2 Å². The van der Waals surface area contributed by atoms with Crippen molar-refractivity contribution in [3.05, 3.63) is 28.8 Å². The summed E-state index contributed by atoms with van der Waals surface area (Å²) in [6.45, 7) is 2.67. The quantitative estimate of drug-likeness (QED) is 0.786. The highest BCUT2D eigenvalue weighted by molar-refractivity contribution is 7.98. The smallest absolute Gasteiger partial charge is 0.263 e. The molecule has 1 saturated heterocycles. The molecule has 1 aromatic rings. The highest BCUT2D eigenvalue weighted by atomic mass is 35.5. The Morgan fingerprint density at radius 3 is 2.50 bits per heavy atom. The first kappa shape index (κ1) is 12.9. The van der Waals surface area contributed by atoms with E-state index in [2.05, 4.69) is 0 Å². The van der Waals surface area contributed by atoms with Crippen LogP contribution in [0.25, 0.3) is 0 Å². The molecule has 1 heterocycles. The van der Waals surface area contributed by atoms with Crippen molar-refractivity contribution in [2.75, 3.05) is 4.31 Å². The molecule has 0 N–H and O–H groups in total. The molecule has 0 saturated carbocycles.